The van der Waals surface area contributed by atoms with Gasteiger partial charge in [0.05, 0.1) is 0 Å². The van der Waals surface area contributed by atoms with Crippen molar-refractivity contribution >= 4 is 11.8 Å². The highest BCUT2D eigenvalue weighted by molar-refractivity contribution is 7.99. The molecule has 1 atom stereocenters. The van der Waals surface area contributed by atoms with Gasteiger partial charge in [-0.05, 0) is 25.5 Å². The third kappa shape index (κ3) is 3.83. The molecule has 0 saturated heterocycles. The molecule has 0 aliphatic rings. The predicted octanol–water partition coefficient (Wildman–Crippen LogP) is 2.86. The Labute approximate surface area is 84.2 Å². The maximum Gasteiger partial charge on any atom is 0.0441 e. The van der Waals surface area contributed by atoms with Crippen molar-refractivity contribution in [3.63, 3.8) is 0 Å². The summed E-state index contributed by atoms with van der Waals surface area (Å²) in [4.78, 5) is 1.28. The summed E-state index contributed by atoms with van der Waals surface area (Å²) in [5.74, 6) is 0. The van der Waals surface area contributed by atoms with Crippen LogP contribution in [0.4, 0.5) is 0 Å². The highest BCUT2D eigenvalue weighted by atomic mass is 32.2. The summed E-state index contributed by atoms with van der Waals surface area (Å²) in [6.45, 7) is 4.51. The first kappa shape index (κ1) is 10.6. The average molecular weight is 196 g/mol. The third-order valence-electron chi connectivity index (χ3n) is 1.89. The topological polar surface area (TPSA) is 20.2 Å². The Bertz CT molecular complexity index is 243. The van der Waals surface area contributed by atoms with Gasteiger partial charge in [0.2, 0.25) is 0 Å². The maximum atomic E-state index is 8.75. The van der Waals surface area contributed by atoms with Gasteiger partial charge in [0.25, 0.3) is 0 Å². The standard InChI is InChI=1S/C11H16OS/c1-9-3-5-11(6-4-9)13-10(2)7-8-12/h3-6,10,12H,7-8H2,1-2H3/t10-/m1/s1. The van der Waals surface area contributed by atoms with Gasteiger partial charge in [-0.1, -0.05) is 24.6 Å². The first-order valence-electron chi connectivity index (χ1n) is 4.56. The van der Waals surface area contributed by atoms with Crippen LogP contribution in [0, 0.1) is 6.92 Å². The zero-order valence-electron chi connectivity index (χ0n) is 8.16. The summed E-state index contributed by atoms with van der Waals surface area (Å²) in [5.41, 5.74) is 1.29. The van der Waals surface area contributed by atoms with E-state index in [1.807, 2.05) is 11.8 Å². The van der Waals surface area contributed by atoms with Crippen molar-refractivity contribution in [2.24, 2.45) is 0 Å². The average Bonchev–Trinajstić information content (AvgIpc) is 2.09. The molecule has 0 unspecified atom stereocenters. The molecule has 1 aromatic carbocycles. The molecule has 0 aromatic heterocycles. The number of rotatable bonds is 4. The van der Waals surface area contributed by atoms with E-state index in [2.05, 4.69) is 38.1 Å². The second-order valence-corrected chi connectivity index (χ2v) is 4.77. The Kier molecular flexibility index (Phi) is 4.33. The summed E-state index contributed by atoms with van der Waals surface area (Å²) in [6.07, 6.45) is 0.860. The van der Waals surface area contributed by atoms with Crippen LogP contribution in [0.5, 0.6) is 0 Å². The molecule has 0 fully saturated rings. The third-order valence-corrected chi connectivity index (χ3v) is 3.08. The van der Waals surface area contributed by atoms with Crippen molar-refractivity contribution in [3.8, 4) is 0 Å². The minimum atomic E-state index is 0.278. The van der Waals surface area contributed by atoms with Gasteiger partial charge in [0.1, 0.15) is 0 Å². The van der Waals surface area contributed by atoms with Gasteiger partial charge in [-0.25, -0.2) is 0 Å². The first-order valence-corrected chi connectivity index (χ1v) is 5.44. The zero-order chi connectivity index (χ0) is 9.68. The van der Waals surface area contributed by atoms with E-state index in [1.165, 1.54) is 10.5 Å². The van der Waals surface area contributed by atoms with Crippen molar-refractivity contribution in [2.75, 3.05) is 6.61 Å². The predicted molar refractivity (Wildman–Crippen MR) is 58.2 cm³/mol. The zero-order valence-corrected chi connectivity index (χ0v) is 8.97. The van der Waals surface area contributed by atoms with Crippen LogP contribution in [0.15, 0.2) is 29.2 Å². The summed E-state index contributed by atoms with van der Waals surface area (Å²) >= 11 is 1.82. The summed E-state index contributed by atoms with van der Waals surface area (Å²) < 4.78 is 0. The molecule has 1 rings (SSSR count). The minimum absolute atomic E-state index is 0.278. The summed E-state index contributed by atoms with van der Waals surface area (Å²) in [7, 11) is 0. The lowest BCUT2D eigenvalue weighted by molar-refractivity contribution is 0.289. The van der Waals surface area contributed by atoms with Crippen molar-refractivity contribution < 1.29 is 5.11 Å². The lowest BCUT2D eigenvalue weighted by Gasteiger charge is -2.08. The fraction of sp³-hybridized carbons (Fsp3) is 0.455. The number of benzene rings is 1. The monoisotopic (exact) mass is 196 g/mol. The molecule has 0 radical (unpaired) electrons. The van der Waals surface area contributed by atoms with Crippen LogP contribution in [0.25, 0.3) is 0 Å². The molecule has 0 aliphatic heterocycles. The van der Waals surface area contributed by atoms with E-state index in [9.17, 15) is 0 Å². The van der Waals surface area contributed by atoms with E-state index in [0.29, 0.717) is 5.25 Å². The second-order valence-electron chi connectivity index (χ2n) is 3.25. The van der Waals surface area contributed by atoms with Crippen LogP contribution >= 0.6 is 11.8 Å². The van der Waals surface area contributed by atoms with Gasteiger partial charge in [-0.15, -0.1) is 11.8 Å². The van der Waals surface area contributed by atoms with Crippen LogP contribution in [0.2, 0.25) is 0 Å². The van der Waals surface area contributed by atoms with Gasteiger partial charge in [0, 0.05) is 16.8 Å². The first-order chi connectivity index (χ1) is 6.22. The van der Waals surface area contributed by atoms with Crippen LogP contribution in [0.1, 0.15) is 18.9 Å². The smallest absolute Gasteiger partial charge is 0.0441 e. The Balaban J connectivity index is 2.49. The molecule has 0 aliphatic carbocycles. The van der Waals surface area contributed by atoms with Crippen LogP contribution in [-0.4, -0.2) is 17.0 Å². The molecule has 2 heteroatoms. The Morgan fingerprint density at radius 3 is 2.46 bits per heavy atom. The minimum Gasteiger partial charge on any atom is -0.396 e. The van der Waals surface area contributed by atoms with Crippen LogP contribution < -0.4 is 0 Å². The normalized spacial score (nSPS) is 12.8. The van der Waals surface area contributed by atoms with Gasteiger partial charge < -0.3 is 5.11 Å². The van der Waals surface area contributed by atoms with E-state index in [4.69, 9.17) is 5.11 Å². The quantitative estimate of drug-likeness (QED) is 0.747. The van der Waals surface area contributed by atoms with Crippen molar-refractivity contribution in [1.82, 2.24) is 0 Å². The van der Waals surface area contributed by atoms with Crippen molar-refractivity contribution in [3.05, 3.63) is 29.8 Å². The van der Waals surface area contributed by atoms with Gasteiger partial charge in [-0.2, -0.15) is 0 Å². The molecule has 72 valence electrons. The Hall–Kier alpha value is -0.470. The van der Waals surface area contributed by atoms with E-state index >= 15 is 0 Å². The van der Waals surface area contributed by atoms with Crippen molar-refractivity contribution in [1.29, 1.82) is 0 Å². The molecule has 0 heterocycles. The highest BCUT2D eigenvalue weighted by Crippen LogP contribution is 2.24. The molecule has 0 amide bonds. The van der Waals surface area contributed by atoms with E-state index in [-0.39, 0.29) is 6.61 Å². The van der Waals surface area contributed by atoms with E-state index in [0.717, 1.165) is 6.42 Å². The van der Waals surface area contributed by atoms with Crippen LogP contribution in [0.3, 0.4) is 0 Å². The fourth-order valence-electron chi connectivity index (χ4n) is 1.09. The molecule has 0 bridgehead atoms. The largest absolute Gasteiger partial charge is 0.396 e. The van der Waals surface area contributed by atoms with E-state index < -0.39 is 0 Å². The lowest BCUT2D eigenvalue weighted by atomic mass is 10.2. The van der Waals surface area contributed by atoms with Gasteiger partial charge in [0.15, 0.2) is 0 Å². The van der Waals surface area contributed by atoms with Crippen LogP contribution in [-0.2, 0) is 0 Å². The number of hydrogen-bond acceptors (Lipinski definition) is 2. The van der Waals surface area contributed by atoms with E-state index in [1.54, 1.807) is 0 Å². The molecular weight excluding hydrogens is 180 g/mol. The SMILES string of the molecule is Cc1ccc(S[C@H](C)CCO)cc1. The number of aliphatic hydroxyl groups excluding tert-OH is 1. The molecule has 1 aromatic rings. The van der Waals surface area contributed by atoms with Crippen molar-refractivity contribution in [2.45, 2.75) is 30.4 Å². The molecule has 13 heavy (non-hydrogen) atoms. The highest BCUT2D eigenvalue weighted by Gasteiger charge is 2.02. The summed E-state index contributed by atoms with van der Waals surface area (Å²) in [5, 5.41) is 9.24. The maximum absolute atomic E-state index is 8.75. The summed E-state index contributed by atoms with van der Waals surface area (Å²) in [6, 6.07) is 8.50. The fourth-order valence-corrected chi connectivity index (χ4v) is 2.07. The second kappa shape index (κ2) is 5.30. The Morgan fingerprint density at radius 2 is 1.92 bits per heavy atom. The molecule has 1 N–H and O–H groups in total. The molecule has 0 saturated carbocycles. The number of thioether (sulfide) groups is 1. The van der Waals surface area contributed by atoms with Gasteiger partial charge >= 0.3 is 0 Å². The molecular formula is C11H16OS. The molecule has 0 spiro atoms. The Morgan fingerprint density at radius 1 is 1.31 bits per heavy atom. The number of aliphatic hydroxyl groups is 1. The number of aryl methyl sites for hydroxylation is 1. The molecule has 1 nitrogen and oxygen atoms in total. The lowest BCUT2D eigenvalue weighted by Crippen LogP contribution is -1.98. The number of hydrogen-bond donors (Lipinski definition) is 1. The van der Waals surface area contributed by atoms with Gasteiger partial charge in [-0.3, -0.25) is 0 Å².